The molecule has 0 aromatic rings. The van der Waals surface area contributed by atoms with Gasteiger partial charge in [-0.25, -0.2) is 0 Å². The van der Waals surface area contributed by atoms with E-state index in [4.69, 9.17) is 4.18 Å². The summed E-state index contributed by atoms with van der Waals surface area (Å²) in [4.78, 5) is 12.1. The summed E-state index contributed by atoms with van der Waals surface area (Å²) in [5.41, 5.74) is -0.917. The van der Waals surface area contributed by atoms with Crippen LogP contribution in [0.1, 0.15) is 40.0 Å². The van der Waals surface area contributed by atoms with Crippen LogP contribution in [-0.2, 0) is 19.1 Å². The van der Waals surface area contributed by atoms with Crippen LogP contribution in [0, 0.1) is 16.7 Å². The first-order valence-corrected chi connectivity index (χ1v) is 7.73. The number of hydrogen-bond donors (Lipinski definition) is 0. The zero-order chi connectivity index (χ0) is 12.9. The summed E-state index contributed by atoms with van der Waals surface area (Å²) in [5.74, 6) is 0.310. The third kappa shape index (κ3) is 1.74. The molecule has 5 heteroatoms. The monoisotopic (exact) mass is 260 g/mol. The van der Waals surface area contributed by atoms with E-state index in [1.165, 1.54) is 0 Å². The fraction of sp³-hybridized carbons (Fsp3) is 0.917. The predicted octanol–water partition coefficient (Wildman–Crippen LogP) is 1.75. The molecule has 2 bridgehead atoms. The topological polar surface area (TPSA) is 60.4 Å². The van der Waals surface area contributed by atoms with Crippen LogP contribution in [0.4, 0.5) is 0 Å². The van der Waals surface area contributed by atoms with Gasteiger partial charge in [0.25, 0.3) is 10.1 Å². The minimum atomic E-state index is -3.58. The quantitative estimate of drug-likeness (QED) is 0.722. The summed E-state index contributed by atoms with van der Waals surface area (Å²) in [6, 6.07) is 0. The molecule has 2 aliphatic carbocycles. The van der Waals surface area contributed by atoms with Gasteiger partial charge in [0.2, 0.25) is 0 Å². The average molecular weight is 260 g/mol. The maximum absolute atomic E-state index is 12.1. The van der Waals surface area contributed by atoms with Crippen molar-refractivity contribution < 1.29 is 17.4 Å². The smallest absolute Gasteiger partial charge is 0.268 e. The Morgan fingerprint density at radius 3 is 2.47 bits per heavy atom. The van der Waals surface area contributed by atoms with E-state index < -0.39 is 15.5 Å². The Kier molecular flexibility index (Phi) is 2.90. The summed E-state index contributed by atoms with van der Waals surface area (Å²) in [6.07, 6.45) is 2.19. The third-order valence-electron chi connectivity index (χ3n) is 4.86. The largest absolute Gasteiger partial charge is 0.299 e. The van der Waals surface area contributed by atoms with E-state index in [9.17, 15) is 13.2 Å². The minimum absolute atomic E-state index is 0.113. The molecule has 0 aliphatic heterocycles. The highest BCUT2D eigenvalue weighted by atomic mass is 32.2. The Hall–Kier alpha value is -0.420. The lowest BCUT2D eigenvalue weighted by Crippen LogP contribution is -2.42. The Morgan fingerprint density at radius 2 is 2.06 bits per heavy atom. The molecule has 0 amide bonds. The first-order valence-electron chi connectivity index (χ1n) is 6.15. The molecule has 98 valence electrons. The maximum Gasteiger partial charge on any atom is 0.268 e. The molecule has 0 aromatic carbocycles. The average Bonchev–Trinajstić information content (AvgIpc) is 2.50. The highest BCUT2D eigenvalue weighted by molar-refractivity contribution is 7.86. The van der Waals surface area contributed by atoms with Crippen molar-refractivity contribution in [2.45, 2.75) is 40.0 Å². The molecule has 2 rings (SSSR count). The van der Waals surface area contributed by atoms with Crippen molar-refractivity contribution in [1.29, 1.82) is 0 Å². The van der Waals surface area contributed by atoms with E-state index in [0.717, 1.165) is 6.42 Å². The molecule has 0 N–H and O–H groups in total. The molecule has 0 radical (unpaired) electrons. The second-order valence-corrected chi connectivity index (χ2v) is 7.41. The van der Waals surface area contributed by atoms with Crippen molar-refractivity contribution in [2.24, 2.45) is 16.7 Å². The van der Waals surface area contributed by atoms with Crippen LogP contribution in [0.3, 0.4) is 0 Å². The minimum Gasteiger partial charge on any atom is -0.299 e. The summed E-state index contributed by atoms with van der Waals surface area (Å²) < 4.78 is 28.5. The number of carbonyl (C=O) groups is 1. The summed E-state index contributed by atoms with van der Waals surface area (Å²) in [6.45, 7) is 5.83. The van der Waals surface area contributed by atoms with E-state index in [1.807, 2.05) is 13.8 Å². The first-order chi connectivity index (χ1) is 7.75. The van der Waals surface area contributed by atoms with Gasteiger partial charge in [0.15, 0.2) is 0 Å². The molecular formula is C12H20O4S. The van der Waals surface area contributed by atoms with Crippen LogP contribution in [0.5, 0.6) is 0 Å². The van der Waals surface area contributed by atoms with Crippen LogP contribution in [0.15, 0.2) is 0 Å². The van der Waals surface area contributed by atoms with E-state index in [0.29, 0.717) is 18.8 Å². The number of hydrogen-bond acceptors (Lipinski definition) is 4. The molecule has 0 heterocycles. The van der Waals surface area contributed by atoms with Gasteiger partial charge in [0, 0.05) is 6.42 Å². The molecular weight excluding hydrogens is 240 g/mol. The Bertz CT molecular complexity index is 437. The van der Waals surface area contributed by atoms with Crippen molar-refractivity contribution in [1.82, 2.24) is 0 Å². The molecule has 2 aliphatic rings. The van der Waals surface area contributed by atoms with Gasteiger partial charge in [-0.3, -0.25) is 8.98 Å². The van der Waals surface area contributed by atoms with Crippen LogP contribution < -0.4 is 0 Å². The SMILES string of the molecule is CCOS(=O)(=O)C[C@@]12CC[C@H](CC1=O)C2(C)C. The number of rotatable bonds is 4. The summed E-state index contributed by atoms with van der Waals surface area (Å²) >= 11 is 0. The van der Waals surface area contributed by atoms with Gasteiger partial charge in [-0.2, -0.15) is 8.42 Å². The third-order valence-corrected chi connectivity index (χ3v) is 6.30. The molecule has 0 aromatic heterocycles. The first kappa shape index (κ1) is 13.0. The van der Waals surface area contributed by atoms with Crippen LogP contribution in [-0.4, -0.2) is 26.6 Å². The van der Waals surface area contributed by atoms with Gasteiger partial charge in [-0.05, 0) is 31.1 Å². The number of fused-ring (bicyclic) bond motifs is 2. The van der Waals surface area contributed by atoms with Gasteiger partial charge in [-0.1, -0.05) is 13.8 Å². The normalized spacial score (nSPS) is 35.5. The van der Waals surface area contributed by atoms with Crippen LogP contribution in [0.25, 0.3) is 0 Å². The molecule has 0 spiro atoms. The Morgan fingerprint density at radius 1 is 1.41 bits per heavy atom. The zero-order valence-corrected chi connectivity index (χ0v) is 11.5. The number of carbonyl (C=O) groups excluding carboxylic acids is 1. The second kappa shape index (κ2) is 3.79. The fourth-order valence-electron chi connectivity index (χ4n) is 3.63. The van der Waals surface area contributed by atoms with Crippen LogP contribution in [0.2, 0.25) is 0 Å². The fourth-order valence-corrected chi connectivity index (χ4v) is 5.35. The van der Waals surface area contributed by atoms with Crippen molar-refractivity contribution >= 4 is 15.9 Å². The van der Waals surface area contributed by atoms with Crippen molar-refractivity contribution in [3.63, 3.8) is 0 Å². The lowest BCUT2D eigenvalue weighted by molar-refractivity contribution is -0.128. The van der Waals surface area contributed by atoms with E-state index >= 15 is 0 Å². The lowest BCUT2D eigenvalue weighted by atomic mass is 9.70. The maximum atomic E-state index is 12.1. The van der Waals surface area contributed by atoms with Crippen molar-refractivity contribution in [2.75, 3.05) is 12.4 Å². The molecule has 0 unspecified atom stereocenters. The lowest BCUT2D eigenvalue weighted by Gasteiger charge is -2.35. The molecule has 4 nitrogen and oxygen atoms in total. The summed E-state index contributed by atoms with van der Waals surface area (Å²) in [7, 11) is -3.58. The van der Waals surface area contributed by atoms with Crippen LogP contribution >= 0.6 is 0 Å². The number of Topliss-reactive ketones (excluding diaryl/α,β-unsaturated/α-hetero) is 1. The van der Waals surface area contributed by atoms with Gasteiger partial charge in [0.1, 0.15) is 5.78 Å². The molecule has 2 atom stereocenters. The van der Waals surface area contributed by atoms with E-state index in [2.05, 4.69) is 0 Å². The summed E-state index contributed by atoms with van der Waals surface area (Å²) in [5, 5.41) is 0. The predicted molar refractivity (Wildman–Crippen MR) is 64.0 cm³/mol. The van der Waals surface area contributed by atoms with E-state index in [-0.39, 0.29) is 23.6 Å². The Labute approximate surface area is 103 Å². The van der Waals surface area contributed by atoms with Crippen molar-refractivity contribution in [3.05, 3.63) is 0 Å². The highest BCUT2D eigenvalue weighted by Gasteiger charge is 2.65. The molecule has 2 saturated carbocycles. The van der Waals surface area contributed by atoms with Gasteiger partial charge in [-0.15, -0.1) is 0 Å². The van der Waals surface area contributed by atoms with Gasteiger partial charge < -0.3 is 0 Å². The van der Waals surface area contributed by atoms with Gasteiger partial charge >= 0.3 is 0 Å². The molecule has 17 heavy (non-hydrogen) atoms. The number of ketones is 1. The Balaban J connectivity index is 2.33. The van der Waals surface area contributed by atoms with Gasteiger partial charge in [0.05, 0.1) is 17.8 Å². The van der Waals surface area contributed by atoms with Crippen molar-refractivity contribution in [3.8, 4) is 0 Å². The van der Waals surface area contributed by atoms with E-state index in [1.54, 1.807) is 6.92 Å². The second-order valence-electron chi connectivity index (χ2n) is 5.78. The molecule has 2 fully saturated rings. The molecule has 0 saturated heterocycles. The zero-order valence-electron chi connectivity index (χ0n) is 10.7. The highest BCUT2D eigenvalue weighted by Crippen LogP contribution is 2.64. The standard InChI is InChI=1S/C12H20O4S/c1-4-16-17(14,15)8-12-6-5-9(7-10(12)13)11(12,2)3/h9H,4-8H2,1-3H3/t9-,12+/m1/s1.